The van der Waals surface area contributed by atoms with E-state index < -0.39 is 0 Å². The Labute approximate surface area is 138 Å². The fourth-order valence-corrected chi connectivity index (χ4v) is 2.80. The lowest BCUT2D eigenvalue weighted by molar-refractivity contribution is 0.162. The lowest BCUT2D eigenvalue weighted by Gasteiger charge is -2.17. The van der Waals surface area contributed by atoms with Crippen LogP contribution in [0.2, 0.25) is 0 Å². The van der Waals surface area contributed by atoms with Crippen LogP contribution in [0, 0.1) is 0 Å². The van der Waals surface area contributed by atoms with E-state index >= 15 is 0 Å². The monoisotopic (exact) mass is 326 g/mol. The maximum atomic E-state index is 5.08. The third-order valence-corrected chi connectivity index (χ3v) is 4.48. The van der Waals surface area contributed by atoms with Crippen molar-refractivity contribution in [3.63, 3.8) is 0 Å². The summed E-state index contributed by atoms with van der Waals surface area (Å²) in [5.74, 6) is 0.883. The molecule has 0 aliphatic heterocycles. The zero-order chi connectivity index (χ0) is 16.2. The fraction of sp³-hybridized carbons (Fsp3) is 0.688. The van der Waals surface area contributed by atoms with Crippen LogP contribution in [0.3, 0.4) is 0 Å². The van der Waals surface area contributed by atoms with Gasteiger partial charge in [-0.15, -0.1) is 11.3 Å². The van der Waals surface area contributed by atoms with Gasteiger partial charge in [-0.1, -0.05) is 6.92 Å². The first-order valence-electron chi connectivity index (χ1n) is 7.96. The Kier molecular flexibility index (Phi) is 9.86. The Bertz CT molecular complexity index is 434. The average molecular weight is 327 g/mol. The van der Waals surface area contributed by atoms with Gasteiger partial charge in [-0.25, -0.2) is 4.99 Å². The Hall–Kier alpha value is -1.11. The highest BCUT2D eigenvalue weighted by Gasteiger charge is 2.02. The molecule has 0 aliphatic carbocycles. The number of methoxy groups -OCH3 is 1. The summed E-state index contributed by atoms with van der Waals surface area (Å²) in [6.45, 7) is 9.43. The number of ether oxygens (including phenoxy) is 1. The smallest absolute Gasteiger partial charge is 0.191 e. The van der Waals surface area contributed by atoms with Crippen LogP contribution in [0.1, 0.15) is 23.6 Å². The molecular weight excluding hydrogens is 296 g/mol. The number of aliphatic imine (C=N–C) groups is 1. The second-order valence-corrected chi connectivity index (χ2v) is 6.39. The van der Waals surface area contributed by atoms with Crippen LogP contribution in [0.15, 0.2) is 17.1 Å². The number of nitrogens with zero attached hydrogens (tertiary/aromatic N) is 2. The maximum absolute atomic E-state index is 5.08. The van der Waals surface area contributed by atoms with Gasteiger partial charge in [0.15, 0.2) is 5.96 Å². The largest absolute Gasteiger partial charge is 0.383 e. The van der Waals surface area contributed by atoms with E-state index in [1.54, 1.807) is 7.11 Å². The second-order valence-electron chi connectivity index (χ2n) is 5.14. The molecule has 1 heterocycles. The van der Waals surface area contributed by atoms with Crippen molar-refractivity contribution in [3.05, 3.63) is 21.9 Å². The van der Waals surface area contributed by atoms with Crippen LogP contribution < -0.4 is 10.6 Å². The first-order valence-corrected chi connectivity index (χ1v) is 8.78. The van der Waals surface area contributed by atoms with E-state index in [1.165, 1.54) is 9.75 Å². The average Bonchev–Trinajstić information content (AvgIpc) is 2.98. The highest BCUT2D eigenvalue weighted by atomic mass is 32.1. The molecule has 1 rings (SSSR count). The molecule has 0 atom stereocenters. The molecule has 5 nitrogen and oxygen atoms in total. The summed E-state index contributed by atoms with van der Waals surface area (Å²) in [7, 11) is 3.83. The molecule has 0 aliphatic rings. The molecular formula is C16H30N4OS. The van der Waals surface area contributed by atoms with Crippen LogP contribution in [-0.4, -0.2) is 57.8 Å². The van der Waals surface area contributed by atoms with Crippen LogP contribution in [0.5, 0.6) is 0 Å². The van der Waals surface area contributed by atoms with Gasteiger partial charge in [-0.2, -0.15) is 0 Å². The molecule has 1 aromatic rings. The number of hydrogen-bond donors (Lipinski definition) is 2. The summed E-state index contributed by atoms with van der Waals surface area (Å²) in [5.41, 5.74) is 0. The number of aryl methyl sites for hydroxylation is 1. The summed E-state index contributed by atoms with van der Waals surface area (Å²) in [6.07, 6.45) is 1.10. The third kappa shape index (κ3) is 7.77. The minimum atomic E-state index is 0.736. The maximum Gasteiger partial charge on any atom is 0.191 e. The molecule has 0 bridgehead atoms. The summed E-state index contributed by atoms with van der Waals surface area (Å²) < 4.78 is 5.08. The molecule has 0 radical (unpaired) electrons. The number of likely N-dealkylation sites (N-methyl/N-ethyl adjacent to an activating group) is 1. The molecule has 0 unspecified atom stereocenters. The van der Waals surface area contributed by atoms with Gasteiger partial charge in [0, 0.05) is 43.0 Å². The molecule has 0 aromatic carbocycles. The van der Waals surface area contributed by atoms with E-state index in [-0.39, 0.29) is 0 Å². The molecule has 2 N–H and O–H groups in total. The van der Waals surface area contributed by atoms with E-state index in [1.807, 2.05) is 11.3 Å². The predicted molar refractivity (Wildman–Crippen MR) is 95.9 cm³/mol. The molecule has 22 heavy (non-hydrogen) atoms. The van der Waals surface area contributed by atoms with Crippen molar-refractivity contribution in [1.29, 1.82) is 0 Å². The molecule has 0 saturated heterocycles. The first kappa shape index (κ1) is 18.9. The van der Waals surface area contributed by atoms with Gasteiger partial charge in [0.2, 0.25) is 0 Å². The SMILES string of the molecule is CCNC(=NCc1ccc(CC)s1)NCCN(C)CCOC. The van der Waals surface area contributed by atoms with Crippen molar-refractivity contribution in [1.82, 2.24) is 15.5 Å². The molecule has 0 saturated carbocycles. The molecule has 6 heteroatoms. The van der Waals surface area contributed by atoms with Gasteiger partial charge in [0.25, 0.3) is 0 Å². The Morgan fingerprint density at radius 1 is 1.23 bits per heavy atom. The lowest BCUT2D eigenvalue weighted by atomic mass is 10.4. The molecule has 1 aromatic heterocycles. The van der Waals surface area contributed by atoms with Crippen molar-refractivity contribution >= 4 is 17.3 Å². The number of guanidine groups is 1. The third-order valence-electron chi connectivity index (χ3n) is 3.27. The van der Waals surface area contributed by atoms with Gasteiger partial charge in [0.1, 0.15) is 0 Å². The van der Waals surface area contributed by atoms with Gasteiger partial charge in [-0.3, -0.25) is 0 Å². The van der Waals surface area contributed by atoms with Crippen LogP contribution >= 0.6 is 11.3 Å². The van der Waals surface area contributed by atoms with Crippen LogP contribution in [0.25, 0.3) is 0 Å². The summed E-state index contributed by atoms with van der Waals surface area (Å²) in [5, 5.41) is 6.67. The second kappa shape index (κ2) is 11.5. The van der Waals surface area contributed by atoms with E-state index in [0.29, 0.717) is 0 Å². The van der Waals surface area contributed by atoms with E-state index in [4.69, 9.17) is 4.74 Å². The standard InChI is InChI=1S/C16H30N4OS/c1-5-14-7-8-15(22-14)13-19-16(17-6-2)18-9-10-20(3)11-12-21-4/h7-8H,5-6,9-13H2,1-4H3,(H2,17,18,19). The Morgan fingerprint density at radius 2 is 2.00 bits per heavy atom. The molecule has 0 spiro atoms. The molecule has 0 fully saturated rings. The normalized spacial score (nSPS) is 12.0. The van der Waals surface area contributed by atoms with Crippen molar-refractivity contribution in [2.75, 3.05) is 46.9 Å². The van der Waals surface area contributed by atoms with Crippen LogP contribution in [0.4, 0.5) is 0 Å². The van der Waals surface area contributed by atoms with Gasteiger partial charge < -0.3 is 20.3 Å². The zero-order valence-electron chi connectivity index (χ0n) is 14.3. The molecule has 126 valence electrons. The van der Waals surface area contributed by atoms with Gasteiger partial charge in [0.05, 0.1) is 13.2 Å². The lowest BCUT2D eigenvalue weighted by Crippen LogP contribution is -2.41. The van der Waals surface area contributed by atoms with Crippen molar-refractivity contribution in [2.45, 2.75) is 26.8 Å². The Morgan fingerprint density at radius 3 is 2.64 bits per heavy atom. The predicted octanol–water partition coefficient (Wildman–Crippen LogP) is 1.94. The highest BCUT2D eigenvalue weighted by Crippen LogP contribution is 2.17. The van der Waals surface area contributed by atoms with E-state index in [2.05, 4.69) is 53.6 Å². The zero-order valence-corrected chi connectivity index (χ0v) is 15.1. The van der Waals surface area contributed by atoms with Crippen molar-refractivity contribution in [3.8, 4) is 0 Å². The van der Waals surface area contributed by atoms with Crippen LogP contribution in [-0.2, 0) is 17.7 Å². The topological polar surface area (TPSA) is 48.9 Å². The van der Waals surface area contributed by atoms with Gasteiger partial charge in [-0.05, 0) is 32.5 Å². The summed E-state index contributed by atoms with van der Waals surface area (Å²) in [4.78, 5) is 9.63. The summed E-state index contributed by atoms with van der Waals surface area (Å²) >= 11 is 1.85. The van der Waals surface area contributed by atoms with Crippen molar-refractivity contribution in [2.24, 2.45) is 4.99 Å². The number of nitrogens with one attached hydrogen (secondary N) is 2. The highest BCUT2D eigenvalue weighted by molar-refractivity contribution is 7.11. The minimum Gasteiger partial charge on any atom is -0.383 e. The molecule has 0 amide bonds. The fourth-order valence-electron chi connectivity index (χ4n) is 1.92. The first-order chi connectivity index (χ1) is 10.7. The summed E-state index contributed by atoms with van der Waals surface area (Å²) in [6, 6.07) is 4.37. The van der Waals surface area contributed by atoms with E-state index in [0.717, 1.165) is 51.7 Å². The Balaban J connectivity index is 2.38. The number of thiophene rings is 1. The quantitative estimate of drug-likeness (QED) is 0.510. The number of hydrogen-bond acceptors (Lipinski definition) is 4. The number of rotatable bonds is 10. The minimum absolute atomic E-state index is 0.736. The van der Waals surface area contributed by atoms with Gasteiger partial charge >= 0.3 is 0 Å². The van der Waals surface area contributed by atoms with Crippen molar-refractivity contribution < 1.29 is 4.74 Å². The van der Waals surface area contributed by atoms with E-state index in [9.17, 15) is 0 Å².